The summed E-state index contributed by atoms with van der Waals surface area (Å²) in [6.45, 7) is 8.40. The van der Waals surface area contributed by atoms with E-state index in [1.807, 2.05) is 18.2 Å². The van der Waals surface area contributed by atoms with E-state index in [-0.39, 0.29) is 5.75 Å². The summed E-state index contributed by atoms with van der Waals surface area (Å²) in [5.74, 6) is 1.51. The highest BCUT2D eigenvalue weighted by atomic mass is 16.3. The first kappa shape index (κ1) is 19.0. The van der Waals surface area contributed by atoms with Crippen LogP contribution in [0.15, 0.2) is 41.9 Å². The van der Waals surface area contributed by atoms with E-state index >= 15 is 0 Å². The number of benzene rings is 1. The number of para-hydroxylation sites is 1. The minimum atomic E-state index is 0.181. The average molecular weight is 385 g/mol. The van der Waals surface area contributed by atoms with Gasteiger partial charge in [0.25, 0.3) is 0 Å². The lowest BCUT2D eigenvalue weighted by molar-refractivity contribution is 0.0354. The fourth-order valence-corrected chi connectivity index (χ4v) is 4.79. The Morgan fingerprint density at radius 2 is 2.07 bits per heavy atom. The van der Waals surface area contributed by atoms with Crippen molar-refractivity contribution in [1.29, 1.82) is 0 Å². The van der Waals surface area contributed by atoms with Gasteiger partial charge in [-0.05, 0) is 43.6 Å². The summed E-state index contributed by atoms with van der Waals surface area (Å²) >= 11 is 0. The van der Waals surface area contributed by atoms with Crippen LogP contribution in [0.1, 0.15) is 18.9 Å². The Hall–Kier alpha value is -2.38. The summed E-state index contributed by atoms with van der Waals surface area (Å²) in [5, 5.41) is 17.0. The maximum Gasteiger partial charge on any atom is 0.124 e. The number of aromatic hydroxyl groups is 1. The Morgan fingerprint density at radius 1 is 1.25 bits per heavy atom. The molecule has 3 aliphatic rings. The van der Waals surface area contributed by atoms with Gasteiger partial charge in [-0.25, -0.2) is 0 Å². The van der Waals surface area contributed by atoms with Gasteiger partial charge >= 0.3 is 0 Å². The van der Waals surface area contributed by atoms with Crippen molar-refractivity contribution in [3.05, 3.63) is 47.4 Å². The van der Waals surface area contributed by atoms with Crippen molar-refractivity contribution in [1.82, 2.24) is 20.4 Å². The average Bonchev–Trinajstić information content (AvgIpc) is 2.70. The molecule has 152 valence electrons. The Kier molecular flexibility index (Phi) is 5.37. The summed E-state index contributed by atoms with van der Waals surface area (Å²) < 4.78 is 0. The van der Waals surface area contributed by atoms with Gasteiger partial charge < -0.3 is 32.1 Å². The van der Waals surface area contributed by atoms with Crippen molar-refractivity contribution < 1.29 is 5.11 Å². The number of phenolic OH excluding ortho intramolecular Hbond substituents is 1. The van der Waals surface area contributed by atoms with Gasteiger partial charge in [0.15, 0.2) is 0 Å². The van der Waals surface area contributed by atoms with Crippen molar-refractivity contribution in [2.75, 3.05) is 39.3 Å². The third kappa shape index (κ3) is 3.64. The number of phenols is 1. The fraction of sp³-hybridized carbons (Fsp3) is 0.524. The van der Waals surface area contributed by atoms with Crippen LogP contribution in [0.5, 0.6) is 5.75 Å². The molecule has 7 nitrogen and oxygen atoms in total. The SMILES string of the molecule is CC1CNCCC1N1CCN2C(/C=C(\N)c3ccccc3O)=C(N)NCC2C1. The van der Waals surface area contributed by atoms with Crippen molar-refractivity contribution >= 4 is 5.70 Å². The maximum absolute atomic E-state index is 10.1. The number of hydrogen-bond acceptors (Lipinski definition) is 7. The molecule has 4 rings (SSSR count). The maximum atomic E-state index is 10.1. The van der Waals surface area contributed by atoms with Crippen molar-refractivity contribution in [3.8, 4) is 5.75 Å². The first-order chi connectivity index (χ1) is 13.5. The predicted molar refractivity (Wildman–Crippen MR) is 112 cm³/mol. The van der Waals surface area contributed by atoms with Gasteiger partial charge in [-0.2, -0.15) is 0 Å². The van der Waals surface area contributed by atoms with E-state index in [1.165, 1.54) is 6.42 Å². The zero-order chi connectivity index (χ0) is 19.7. The molecular weight excluding hydrogens is 352 g/mol. The van der Waals surface area contributed by atoms with Gasteiger partial charge in [0.2, 0.25) is 0 Å². The Balaban J connectivity index is 1.53. The minimum Gasteiger partial charge on any atom is -0.507 e. The van der Waals surface area contributed by atoms with Gasteiger partial charge in [0.05, 0.1) is 11.7 Å². The highest BCUT2D eigenvalue weighted by Gasteiger charge is 2.36. The van der Waals surface area contributed by atoms with Gasteiger partial charge in [-0.3, -0.25) is 4.90 Å². The van der Waals surface area contributed by atoms with Crippen LogP contribution < -0.4 is 22.1 Å². The number of piperazine rings is 1. The molecule has 0 aromatic heterocycles. The quantitative estimate of drug-likeness (QED) is 0.514. The summed E-state index contributed by atoms with van der Waals surface area (Å²) in [4.78, 5) is 5.03. The smallest absolute Gasteiger partial charge is 0.124 e. The van der Waals surface area contributed by atoms with E-state index in [2.05, 4.69) is 27.4 Å². The minimum absolute atomic E-state index is 0.181. The molecular formula is C21H32N6O. The van der Waals surface area contributed by atoms with Crippen LogP contribution in [0.2, 0.25) is 0 Å². The zero-order valence-corrected chi connectivity index (χ0v) is 16.6. The van der Waals surface area contributed by atoms with Crippen LogP contribution >= 0.6 is 0 Å². The van der Waals surface area contributed by atoms with Gasteiger partial charge in [0, 0.05) is 43.5 Å². The second kappa shape index (κ2) is 7.93. The molecule has 0 aliphatic carbocycles. The van der Waals surface area contributed by atoms with E-state index in [0.717, 1.165) is 45.0 Å². The van der Waals surface area contributed by atoms with Gasteiger partial charge in [-0.1, -0.05) is 19.1 Å². The normalized spacial score (nSPS) is 29.4. The third-order valence-electron chi connectivity index (χ3n) is 6.34. The van der Waals surface area contributed by atoms with E-state index in [0.29, 0.717) is 35.1 Å². The largest absolute Gasteiger partial charge is 0.507 e. The molecule has 3 heterocycles. The summed E-state index contributed by atoms with van der Waals surface area (Å²) in [7, 11) is 0. The van der Waals surface area contributed by atoms with Crippen molar-refractivity contribution in [3.63, 3.8) is 0 Å². The molecule has 0 radical (unpaired) electrons. The van der Waals surface area contributed by atoms with E-state index < -0.39 is 0 Å². The van der Waals surface area contributed by atoms with Crippen LogP contribution in [-0.4, -0.2) is 66.3 Å². The predicted octanol–water partition coefficient (Wildman–Crippen LogP) is 0.407. The van der Waals surface area contributed by atoms with Gasteiger partial charge in [-0.15, -0.1) is 0 Å². The summed E-state index contributed by atoms with van der Waals surface area (Å²) in [6, 6.07) is 8.15. The standard InChI is InChI=1S/C21H32N6O/c1-14-11-24-7-6-18(14)26-8-9-27-15(13-26)12-25-21(23)19(27)10-17(22)16-4-2-3-5-20(16)28/h2-5,10,14-15,18,24-25,28H,6-9,11-13,22-23H2,1H3/b17-10-. The monoisotopic (exact) mass is 384 g/mol. The first-order valence-corrected chi connectivity index (χ1v) is 10.2. The van der Waals surface area contributed by atoms with Crippen LogP contribution in [0.3, 0.4) is 0 Å². The summed E-state index contributed by atoms with van der Waals surface area (Å²) in [5.41, 5.74) is 14.7. The molecule has 0 amide bonds. The molecule has 1 aromatic rings. The number of nitrogens with one attached hydrogen (secondary N) is 2. The molecule has 3 aliphatic heterocycles. The van der Waals surface area contributed by atoms with Crippen molar-refractivity contribution in [2.45, 2.75) is 25.4 Å². The second-order valence-corrected chi connectivity index (χ2v) is 8.18. The lowest BCUT2D eigenvalue weighted by Gasteiger charge is -2.50. The Bertz CT molecular complexity index is 776. The molecule has 2 fully saturated rings. The van der Waals surface area contributed by atoms with Crippen molar-refractivity contribution in [2.24, 2.45) is 17.4 Å². The molecule has 0 saturated carbocycles. The van der Waals surface area contributed by atoms with E-state index in [4.69, 9.17) is 11.5 Å². The highest BCUT2D eigenvalue weighted by Crippen LogP contribution is 2.28. The number of allylic oxidation sites excluding steroid dienone is 1. The Morgan fingerprint density at radius 3 is 2.86 bits per heavy atom. The molecule has 2 saturated heterocycles. The van der Waals surface area contributed by atoms with Crippen LogP contribution in [0.4, 0.5) is 0 Å². The molecule has 7 N–H and O–H groups in total. The van der Waals surface area contributed by atoms with Crippen LogP contribution in [-0.2, 0) is 0 Å². The Labute approximate surface area is 167 Å². The van der Waals surface area contributed by atoms with Crippen LogP contribution in [0.25, 0.3) is 5.70 Å². The lowest BCUT2D eigenvalue weighted by atomic mass is 9.92. The molecule has 3 atom stereocenters. The number of nitrogens with two attached hydrogens (primary N) is 2. The highest BCUT2D eigenvalue weighted by molar-refractivity contribution is 5.70. The van der Waals surface area contributed by atoms with Crippen LogP contribution in [0, 0.1) is 5.92 Å². The first-order valence-electron chi connectivity index (χ1n) is 10.2. The third-order valence-corrected chi connectivity index (χ3v) is 6.34. The summed E-state index contributed by atoms with van der Waals surface area (Å²) in [6.07, 6.45) is 3.11. The second-order valence-electron chi connectivity index (χ2n) is 8.18. The number of fused-ring (bicyclic) bond motifs is 1. The molecule has 0 bridgehead atoms. The molecule has 3 unspecified atom stereocenters. The number of piperidine rings is 1. The fourth-order valence-electron chi connectivity index (χ4n) is 4.79. The zero-order valence-electron chi connectivity index (χ0n) is 16.6. The number of nitrogens with zero attached hydrogens (tertiary/aromatic N) is 2. The van der Waals surface area contributed by atoms with E-state index in [9.17, 15) is 5.11 Å². The van der Waals surface area contributed by atoms with Gasteiger partial charge in [0.1, 0.15) is 11.6 Å². The lowest BCUT2D eigenvalue weighted by Crippen LogP contribution is -2.62. The topological polar surface area (TPSA) is 103 Å². The number of rotatable bonds is 3. The molecule has 0 spiro atoms. The molecule has 1 aromatic carbocycles. The van der Waals surface area contributed by atoms with E-state index in [1.54, 1.807) is 12.1 Å². The molecule has 28 heavy (non-hydrogen) atoms. The number of hydrogen-bond donors (Lipinski definition) is 5. The molecule has 7 heteroatoms.